The van der Waals surface area contributed by atoms with Crippen molar-refractivity contribution < 1.29 is 18.7 Å². The number of halogens is 1. The molecular weight excluding hydrogens is 353 g/mol. The molecule has 4 nitrogen and oxygen atoms in total. The number of amides is 1. The van der Waals surface area contributed by atoms with Crippen molar-refractivity contribution in [3.05, 3.63) is 35.6 Å². The molecule has 1 aromatic carbocycles. The average Bonchev–Trinajstić information content (AvgIpc) is 3.12. The molecule has 1 saturated heterocycles. The third-order valence-electron chi connectivity index (χ3n) is 5.15. The smallest absolute Gasteiger partial charge is 0.329 e. The van der Waals surface area contributed by atoms with Crippen molar-refractivity contribution in [1.82, 2.24) is 4.90 Å². The Bertz CT molecular complexity index is 648. The van der Waals surface area contributed by atoms with E-state index < -0.39 is 17.8 Å². The Balaban J connectivity index is 1.87. The third kappa shape index (κ3) is 4.05. The average molecular weight is 379 g/mol. The lowest BCUT2D eigenvalue weighted by atomic mass is 9.88. The molecule has 2 aliphatic rings. The van der Waals surface area contributed by atoms with E-state index in [4.69, 9.17) is 4.74 Å². The normalized spacial score (nSPS) is 23.8. The quantitative estimate of drug-likeness (QED) is 0.718. The van der Waals surface area contributed by atoms with Crippen LogP contribution >= 0.6 is 11.8 Å². The van der Waals surface area contributed by atoms with Gasteiger partial charge in [-0.3, -0.25) is 4.79 Å². The van der Waals surface area contributed by atoms with Crippen LogP contribution in [0.15, 0.2) is 24.3 Å². The van der Waals surface area contributed by atoms with Crippen LogP contribution in [0.2, 0.25) is 0 Å². The lowest BCUT2D eigenvalue weighted by Gasteiger charge is -2.35. The van der Waals surface area contributed by atoms with Gasteiger partial charge >= 0.3 is 5.97 Å². The van der Waals surface area contributed by atoms with E-state index in [1.165, 1.54) is 18.6 Å². The second kappa shape index (κ2) is 8.89. The van der Waals surface area contributed by atoms with Crippen molar-refractivity contribution in [2.24, 2.45) is 5.92 Å². The number of hydrogen-bond donors (Lipinski definition) is 0. The van der Waals surface area contributed by atoms with E-state index in [-0.39, 0.29) is 16.9 Å². The second-order valence-corrected chi connectivity index (χ2v) is 8.15. The van der Waals surface area contributed by atoms with Crippen molar-refractivity contribution in [3.8, 4) is 0 Å². The topological polar surface area (TPSA) is 46.6 Å². The molecular formula is C20H26FNO3S. The second-order valence-electron chi connectivity index (χ2n) is 7.00. The Morgan fingerprint density at radius 2 is 1.96 bits per heavy atom. The van der Waals surface area contributed by atoms with Gasteiger partial charge in [-0.1, -0.05) is 38.3 Å². The van der Waals surface area contributed by atoms with Crippen molar-refractivity contribution in [1.29, 1.82) is 0 Å². The zero-order chi connectivity index (χ0) is 18.5. The first kappa shape index (κ1) is 19.2. The number of carbonyl (C=O) groups is 2. The van der Waals surface area contributed by atoms with E-state index in [1.807, 2.05) is 6.92 Å². The summed E-state index contributed by atoms with van der Waals surface area (Å²) in [5.41, 5.74) is 0.0316. The molecule has 0 spiro atoms. The van der Waals surface area contributed by atoms with E-state index in [2.05, 4.69) is 0 Å². The van der Waals surface area contributed by atoms with Crippen LogP contribution in [-0.4, -0.2) is 40.6 Å². The van der Waals surface area contributed by atoms with Gasteiger partial charge < -0.3 is 9.64 Å². The van der Waals surface area contributed by atoms with Crippen LogP contribution in [0.1, 0.15) is 55.8 Å². The number of ether oxygens (including phenoxy) is 1. The van der Waals surface area contributed by atoms with Crippen LogP contribution in [0, 0.1) is 11.7 Å². The fraction of sp³-hybridized carbons (Fsp3) is 0.600. The van der Waals surface area contributed by atoms with Gasteiger partial charge in [0.15, 0.2) is 0 Å². The molecule has 0 bridgehead atoms. The Morgan fingerprint density at radius 3 is 2.65 bits per heavy atom. The highest BCUT2D eigenvalue weighted by Crippen LogP contribution is 2.41. The predicted molar refractivity (Wildman–Crippen MR) is 100 cm³/mol. The van der Waals surface area contributed by atoms with Crippen molar-refractivity contribution >= 4 is 23.6 Å². The summed E-state index contributed by atoms with van der Waals surface area (Å²) in [4.78, 5) is 27.3. The maximum absolute atomic E-state index is 14.2. The van der Waals surface area contributed by atoms with Crippen LogP contribution in [-0.2, 0) is 9.53 Å². The van der Waals surface area contributed by atoms with Crippen LogP contribution < -0.4 is 0 Å². The van der Waals surface area contributed by atoms with Gasteiger partial charge in [0.05, 0.1) is 17.5 Å². The van der Waals surface area contributed by atoms with Crippen LogP contribution in [0.3, 0.4) is 0 Å². The van der Waals surface area contributed by atoms with Crippen LogP contribution in [0.25, 0.3) is 0 Å². The monoisotopic (exact) mass is 379 g/mol. The summed E-state index contributed by atoms with van der Waals surface area (Å²) in [5, 5.41) is -0.0819. The summed E-state index contributed by atoms with van der Waals surface area (Å²) < 4.78 is 19.5. The highest BCUT2D eigenvalue weighted by molar-refractivity contribution is 8.00. The molecule has 0 radical (unpaired) electrons. The third-order valence-corrected chi connectivity index (χ3v) is 6.61. The van der Waals surface area contributed by atoms with Gasteiger partial charge in [0.25, 0.3) is 5.91 Å². The molecule has 1 heterocycles. The summed E-state index contributed by atoms with van der Waals surface area (Å²) in [6.07, 6.45) is 6.35. The Hall–Kier alpha value is -1.56. The highest BCUT2D eigenvalue weighted by Gasteiger charge is 2.46. The number of carbonyl (C=O) groups excluding carboxylic acids is 2. The van der Waals surface area contributed by atoms with Gasteiger partial charge in [-0.15, -0.1) is 11.8 Å². The molecule has 0 unspecified atom stereocenters. The van der Waals surface area contributed by atoms with Gasteiger partial charge in [-0.2, -0.15) is 0 Å². The molecule has 142 valence electrons. The number of rotatable bonds is 5. The van der Waals surface area contributed by atoms with Gasteiger partial charge in [0, 0.05) is 5.75 Å². The van der Waals surface area contributed by atoms with Gasteiger partial charge in [-0.25, -0.2) is 9.18 Å². The molecule has 26 heavy (non-hydrogen) atoms. The number of benzene rings is 1. The Morgan fingerprint density at radius 1 is 1.23 bits per heavy atom. The van der Waals surface area contributed by atoms with Crippen molar-refractivity contribution in [2.45, 2.75) is 56.9 Å². The van der Waals surface area contributed by atoms with Gasteiger partial charge in [0.1, 0.15) is 11.9 Å². The molecule has 2 fully saturated rings. The Kier molecular flexibility index (Phi) is 6.57. The molecule has 1 saturated carbocycles. The first-order chi connectivity index (χ1) is 12.6. The first-order valence-electron chi connectivity index (χ1n) is 9.49. The summed E-state index contributed by atoms with van der Waals surface area (Å²) in [5.74, 6) is -0.445. The fourth-order valence-corrected chi connectivity index (χ4v) is 5.45. The number of hydrogen-bond acceptors (Lipinski definition) is 4. The van der Waals surface area contributed by atoms with Crippen LogP contribution in [0.5, 0.6) is 0 Å². The lowest BCUT2D eigenvalue weighted by Crippen LogP contribution is -2.49. The summed E-state index contributed by atoms with van der Waals surface area (Å²) >= 11 is 1.64. The SMILES string of the molecule is CCCOC(=O)[C@H]1CS[C@H](C2CCCCC2)N1C(=O)c1ccccc1F. The van der Waals surface area contributed by atoms with Crippen molar-refractivity contribution in [2.75, 3.05) is 12.4 Å². The van der Waals surface area contributed by atoms with E-state index in [0.29, 0.717) is 18.3 Å². The van der Waals surface area contributed by atoms with Crippen molar-refractivity contribution in [3.63, 3.8) is 0 Å². The maximum Gasteiger partial charge on any atom is 0.329 e. The largest absolute Gasteiger partial charge is 0.464 e. The fourth-order valence-electron chi connectivity index (χ4n) is 3.82. The Labute approximate surface area is 158 Å². The van der Waals surface area contributed by atoms with E-state index in [9.17, 15) is 14.0 Å². The molecule has 1 amide bonds. The molecule has 1 aliphatic heterocycles. The van der Waals surface area contributed by atoms with E-state index >= 15 is 0 Å². The minimum Gasteiger partial charge on any atom is -0.464 e. The van der Waals surface area contributed by atoms with E-state index in [0.717, 1.165) is 32.1 Å². The zero-order valence-electron chi connectivity index (χ0n) is 15.2. The number of thioether (sulfide) groups is 1. The number of nitrogens with zero attached hydrogens (tertiary/aromatic N) is 1. The lowest BCUT2D eigenvalue weighted by molar-refractivity contribution is -0.148. The van der Waals surface area contributed by atoms with Crippen LogP contribution in [0.4, 0.5) is 4.39 Å². The predicted octanol–water partition coefficient (Wildman–Crippen LogP) is 4.24. The minimum atomic E-state index is -0.634. The standard InChI is InChI=1S/C20H26FNO3S/c1-2-12-25-20(24)17-13-26-19(14-8-4-3-5-9-14)22(17)18(23)15-10-6-7-11-16(15)21/h6-7,10-11,14,17,19H,2-5,8-9,12-13H2,1H3/t17-,19-/m1/s1. The summed E-state index contributed by atoms with van der Waals surface area (Å²) in [6.45, 7) is 2.28. The zero-order valence-corrected chi connectivity index (χ0v) is 16.0. The van der Waals surface area contributed by atoms with Gasteiger partial charge in [-0.05, 0) is 37.3 Å². The van der Waals surface area contributed by atoms with E-state index in [1.54, 1.807) is 28.8 Å². The summed E-state index contributed by atoms with van der Waals surface area (Å²) in [6, 6.07) is 5.37. The molecule has 0 N–H and O–H groups in total. The summed E-state index contributed by atoms with van der Waals surface area (Å²) in [7, 11) is 0. The molecule has 0 aromatic heterocycles. The molecule has 1 aromatic rings. The molecule has 3 rings (SSSR count). The number of esters is 1. The minimum absolute atomic E-state index is 0.0316. The molecule has 2 atom stereocenters. The maximum atomic E-state index is 14.2. The molecule has 6 heteroatoms. The molecule has 1 aliphatic carbocycles. The first-order valence-corrected chi connectivity index (χ1v) is 10.5. The van der Waals surface area contributed by atoms with Gasteiger partial charge in [0.2, 0.25) is 0 Å². The highest BCUT2D eigenvalue weighted by atomic mass is 32.2.